The van der Waals surface area contributed by atoms with Crippen molar-refractivity contribution in [3.63, 3.8) is 0 Å². The number of benzene rings is 3. The van der Waals surface area contributed by atoms with Crippen LogP contribution in [0.4, 0.5) is 4.79 Å². The second kappa shape index (κ2) is 16.3. The van der Waals surface area contributed by atoms with Gasteiger partial charge in [0.15, 0.2) is 17.3 Å². The van der Waals surface area contributed by atoms with Crippen molar-refractivity contribution < 1.29 is 33.1 Å². The molecule has 0 saturated carbocycles. The Balaban J connectivity index is 1.12. The molecule has 3 aromatic carbocycles. The second-order valence-corrected chi connectivity index (χ2v) is 9.81. The molecule has 0 fully saturated rings. The Morgan fingerprint density at radius 1 is 0.889 bits per heavy atom. The summed E-state index contributed by atoms with van der Waals surface area (Å²) in [4.78, 5) is 48.1. The van der Waals surface area contributed by atoms with Crippen molar-refractivity contribution in [2.75, 3.05) is 32.8 Å². The van der Waals surface area contributed by atoms with Gasteiger partial charge in [0.2, 0.25) is 0 Å². The normalized spacial score (nSPS) is 10.3. The van der Waals surface area contributed by atoms with E-state index < -0.39 is 6.09 Å². The summed E-state index contributed by atoms with van der Waals surface area (Å²) in [5.74, 6) is 5.88. The van der Waals surface area contributed by atoms with E-state index in [9.17, 15) is 19.2 Å². The van der Waals surface area contributed by atoms with Crippen LogP contribution in [0.5, 0.6) is 5.75 Å². The van der Waals surface area contributed by atoms with Crippen LogP contribution in [-0.2, 0) is 4.74 Å². The number of nitrogens with two attached hydrogens (primary N) is 1. The molecule has 1 aromatic heterocycles. The summed E-state index contributed by atoms with van der Waals surface area (Å²) < 4.78 is 16.0. The summed E-state index contributed by atoms with van der Waals surface area (Å²) in [5, 5.41) is 5.30. The van der Waals surface area contributed by atoms with Gasteiger partial charge in [0.25, 0.3) is 5.91 Å². The number of furan rings is 1. The molecule has 0 atom stereocenters. The summed E-state index contributed by atoms with van der Waals surface area (Å²) >= 11 is 0. The zero-order valence-electron chi connectivity index (χ0n) is 24.8. The third-order valence-electron chi connectivity index (χ3n) is 6.61. The Bertz CT molecular complexity index is 1700. The van der Waals surface area contributed by atoms with E-state index in [2.05, 4.69) is 22.5 Å². The first-order valence-corrected chi connectivity index (χ1v) is 14.3. The maximum absolute atomic E-state index is 13.0. The van der Waals surface area contributed by atoms with E-state index in [0.29, 0.717) is 47.7 Å². The average molecular weight is 608 g/mol. The molecule has 2 amide bonds. The SMILES string of the molecule is Cc1ccc(C=O)cc1-c1ccc(C(=O)c2ccc(OCCOC(=O)NCCCNC(=O)c3ccc(C#CCN)o3)cc2)cc1. The molecular weight excluding hydrogens is 574 g/mol. The number of ether oxygens (including phenoxy) is 2. The number of aryl methyl sites for hydroxylation is 1. The minimum absolute atomic E-state index is 0.0265. The van der Waals surface area contributed by atoms with Crippen LogP contribution in [0.1, 0.15) is 54.6 Å². The van der Waals surface area contributed by atoms with Gasteiger partial charge in [-0.25, -0.2) is 4.79 Å². The van der Waals surface area contributed by atoms with E-state index in [1.165, 1.54) is 6.07 Å². The number of ketones is 1. The Morgan fingerprint density at radius 2 is 1.60 bits per heavy atom. The van der Waals surface area contributed by atoms with E-state index in [-0.39, 0.29) is 37.2 Å². The van der Waals surface area contributed by atoms with E-state index >= 15 is 0 Å². The fraction of sp³-hybridized carbons (Fsp3) is 0.200. The molecule has 0 spiro atoms. The molecule has 4 rings (SSSR count). The monoisotopic (exact) mass is 607 g/mol. The Kier molecular flexibility index (Phi) is 11.7. The molecule has 230 valence electrons. The largest absolute Gasteiger partial charge is 0.490 e. The Hall–Kier alpha value is -5.66. The number of carbonyl (C=O) groups excluding carboxylic acids is 4. The molecular formula is C35H33N3O7. The highest BCUT2D eigenvalue weighted by Crippen LogP contribution is 2.25. The molecule has 1 heterocycles. The minimum atomic E-state index is -0.599. The Labute approximate surface area is 260 Å². The number of hydrogen-bond donors (Lipinski definition) is 3. The number of rotatable bonds is 13. The lowest BCUT2D eigenvalue weighted by molar-refractivity contribution is 0.0924. The maximum atomic E-state index is 13.0. The van der Waals surface area contributed by atoms with Gasteiger partial charge >= 0.3 is 6.09 Å². The number of carbonyl (C=O) groups is 4. The van der Waals surface area contributed by atoms with Crippen LogP contribution in [0, 0.1) is 18.8 Å². The van der Waals surface area contributed by atoms with Crippen molar-refractivity contribution in [3.05, 3.63) is 113 Å². The summed E-state index contributed by atoms with van der Waals surface area (Å²) in [6.07, 6.45) is 0.702. The number of hydrogen-bond acceptors (Lipinski definition) is 8. The molecule has 0 aliphatic carbocycles. The molecule has 0 saturated heterocycles. The number of nitrogens with one attached hydrogen (secondary N) is 2. The average Bonchev–Trinajstić information content (AvgIpc) is 3.55. The second-order valence-electron chi connectivity index (χ2n) is 9.81. The van der Waals surface area contributed by atoms with Gasteiger partial charge in [0.1, 0.15) is 25.2 Å². The lowest BCUT2D eigenvalue weighted by atomic mass is 9.96. The van der Waals surface area contributed by atoms with Gasteiger partial charge in [-0.3, -0.25) is 14.4 Å². The summed E-state index contributed by atoms with van der Waals surface area (Å²) in [7, 11) is 0. The predicted octanol–water partition coefficient (Wildman–Crippen LogP) is 4.53. The predicted molar refractivity (Wildman–Crippen MR) is 168 cm³/mol. The molecule has 0 unspecified atom stereocenters. The molecule has 4 N–H and O–H groups in total. The van der Waals surface area contributed by atoms with Crippen molar-refractivity contribution in [2.45, 2.75) is 13.3 Å². The van der Waals surface area contributed by atoms with Gasteiger partial charge < -0.3 is 30.3 Å². The van der Waals surface area contributed by atoms with E-state index in [0.717, 1.165) is 23.0 Å². The van der Waals surface area contributed by atoms with Crippen molar-refractivity contribution >= 4 is 24.1 Å². The highest BCUT2D eigenvalue weighted by atomic mass is 16.6. The molecule has 0 aliphatic heterocycles. The van der Waals surface area contributed by atoms with Crippen LogP contribution < -0.4 is 21.1 Å². The third-order valence-corrected chi connectivity index (χ3v) is 6.61. The molecule has 4 aromatic rings. The van der Waals surface area contributed by atoms with Crippen molar-refractivity contribution in [2.24, 2.45) is 5.73 Å². The molecule has 0 bridgehead atoms. The smallest absolute Gasteiger partial charge is 0.407 e. The number of amides is 2. The summed E-state index contributed by atoms with van der Waals surface area (Å²) in [6.45, 7) is 2.95. The molecule has 0 aliphatic rings. The maximum Gasteiger partial charge on any atom is 0.407 e. The van der Waals surface area contributed by atoms with Gasteiger partial charge in [-0.2, -0.15) is 0 Å². The standard InChI is InChI=1S/C35H33N3O7/c1-24-5-6-25(23-39)22-31(24)26-7-9-27(10-8-26)33(40)28-11-13-29(14-12-28)43-20-21-44-35(42)38-19-3-18-37-34(41)32-16-15-30(45-32)4-2-17-36/h5-16,22-23H,3,17-21,36H2,1H3,(H,37,41)(H,38,42). The van der Waals surface area contributed by atoms with Crippen LogP contribution in [0.25, 0.3) is 11.1 Å². The third kappa shape index (κ3) is 9.41. The van der Waals surface area contributed by atoms with Crippen LogP contribution in [0.15, 0.2) is 83.3 Å². The fourth-order valence-corrected chi connectivity index (χ4v) is 4.27. The lowest BCUT2D eigenvalue weighted by Gasteiger charge is -2.10. The van der Waals surface area contributed by atoms with E-state index in [1.54, 1.807) is 48.5 Å². The van der Waals surface area contributed by atoms with Crippen LogP contribution in [-0.4, -0.2) is 56.9 Å². The van der Waals surface area contributed by atoms with Gasteiger partial charge in [0, 0.05) is 29.8 Å². The zero-order chi connectivity index (χ0) is 32.0. The van der Waals surface area contributed by atoms with Gasteiger partial charge in [-0.1, -0.05) is 42.3 Å². The first-order chi connectivity index (χ1) is 21.9. The lowest BCUT2D eigenvalue weighted by Crippen LogP contribution is -2.30. The van der Waals surface area contributed by atoms with E-state index in [1.807, 2.05) is 31.2 Å². The van der Waals surface area contributed by atoms with Gasteiger partial charge in [-0.05, 0) is 78.4 Å². The van der Waals surface area contributed by atoms with Crippen LogP contribution in [0.2, 0.25) is 0 Å². The van der Waals surface area contributed by atoms with Gasteiger partial charge in [-0.15, -0.1) is 0 Å². The zero-order valence-corrected chi connectivity index (χ0v) is 24.8. The van der Waals surface area contributed by atoms with Crippen LogP contribution in [0.3, 0.4) is 0 Å². The fourth-order valence-electron chi connectivity index (χ4n) is 4.27. The minimum Gasteiger partial charge on any atom is -0.490 e. The molecule has 10 nitrogen and oxygen atoms in total. The molecule has 0 radical (unpaired) electrons. The Morgan fingerprint density at radius 3 is 2.31 bits per heavy atom. The first-order valence-electron chi connectivity index (χ1n) is 14.3. The summed E-state index contributed by atoms with van der Waals surface area (Å²) in [6, 6.07) is 22.6. The van der Waals surface area contributed by atoms with Crippen molar-refractivity contribution in [1.82, 2.24) is 10.6 Å². The number of alkyl carbamates (subject to hydrolysis) is 1. The molecule has 10 heteroatoms. The first kappa shape index (κ1) is 32.3. The van der Waals surface area contributed by atoms with Gasteiger partial charge in [0.05, 0.1) is 6.54 Å². The highest BCUT2D eigenvalue weighted by molar-refractivity contribution is 6.09. The number of aldehydes is 1. The highest BCUT2D eigenvalue weighted by Gasteiger charge is 2.12. The topological polar surface area (TPSA) is 150 Å². The quantitative estimate of drug-likeness (QED) is 0.0868. The summed E-state index contributed by atoms with van der Waals surface area (Å²) in [5.41, 5.74) is 9.86. The molecule has 45 heavy (non-hydrogen) atoms. The van der Waals surface area contributed by atoms with E-state index in [4.69, 9.17) is 19.6 Å². The van der Waals surface area contributed by atoms with Crippen molar-refractivity contribution in [1.29, 1.82) is 0 Å². The van der Waals surface area contributed by atoms with Crippen molar-refractivity contribution in [3.8, 4) is 28.7 Å². The van der Waals surface area contributed by atoms with Crippen LogP contribution >= 0.6 is 0 Å².